The third kappa shape index (κ3) is 2.75. The van der Waals surface area contributed by atoms with E-state index in [1.165, 1.54) is 38.6 Å². The molecule has 1 aromatic carbocycles. The molecule has 4 unspecified atom stereocenters. The van der Waals surface area contributed by atoms with Crippen molar-refractivity contribution in [1.82, 2.24) is 4.90 Å². The Morgan fingerprint density at radius 3 is 2.81 bits per heavy atom. The quantitative estimate of drug-likeness (QED) is 0.690. The van der Waals surface area contributed by atoms with Gasteiger partial charge < -0.3 is 9.47 Å². The van der Waals surface area contributed by atoms with Gasteiger partial charge in [-0.15, -0.1) is 0 Å². The fraction of sp³-hybridized carbons (Fsp3) is 0.739. The highest BCUT2D eigenvalue weighted by atomic mass is 16.6. The molecular formula is C23H33NO2. The maximum atomic E-state index is 6.83. The van der Waals surface area contributed by atoms with Crippen LogP contribution in [-0.4, -0.2) is 42.9 Å². The maximum absolute atomic E-state index is 6.83. The van der Waals surface area contributed by atoms with Crippen LogP contribution in [-0.2, 0) is 15.9 Å². The van der Waals surface area contributed by atoms with Crippen LogP contribution in [0.1, 0.15) is 63.1 Å². The van der Waals surface area contributed by atoms with Crippen molar-refractivity contribution in [2.45, 2.75) is 70.1 Å². The minimum absolute atomic E-state index is 0.0928. The molecule has 3 nitrogen and oxygen atoms in total. The molecule has 142 valence electrons. The van der Waals surface area contributed by atoms with Gasteiger partial charge in [-0.1, -0.05) is 51.0 Å². The normalized spacial score (nSPS) is 39.5. The van der Waals surface area contributed by atoms with Crippen molar-refractivity contribution >= 4 is 0 Å². The van der Waals surface area contributed by atoms with Crippen LogP contribution < -0.4 is 0 Å². The largest absolute Gasteiger partial charge is 0.378 e. The molecule has 3 aliphatic heterocycles. The molecule has 4 atom stereocenters. The molecule has 1 aromatic rings. The molecule has 1 saturated carbocycles. The fourth-order valence-electron chi connectivity index (χ4n) is 6.15. The molecule has 26 heavy (non-hydrogen) atoms. The van der Waals surface area contributed by atoms with Gasteiger partial charge in [0.05, 0.1) is 25.4 Å². The lowest BCUT2D eigenvalue weighted by Crippen LogP contribution is -2.63. The molecule has 3 heterocycles. The number of ether oxygens (including phenoxy) is 2. The summed E-state index contributed by atoms with van der Waals surface area (Å²) in [4.78, 5) is 2.84. The van der Waals surface area contributed by atoms with Crippen molar-refractivity contribution in [3.05, 3.63) is 35.4 Å². The first-order chi connectivity index (χ1) is 12.6. The van der Waals surface area contributed by atoms with E-state index in [4.69, 9.17) is 9.47 Å². The predicted octanol–water partition coefficient (Wildman–Crippen LogP) is 4.36. The fourth-order valence-corrected chi connectivity index (χ4v) is 6.15. The van der Waals surface area contributed by atoms with Crippen LogP contribution in [0.4, 0.5) is 0 Å². The summed E-state index contributed by atoms with van der Waals surface area (Å²) < 4.78 is 13.1. The van der Waals surface area contributed by atoms with Crippen LogP contribution in [0, 0.1) is 11.3 Å². The lowest BCUT2D eigenvalue weighted by Gasteiger charge is -2.58. The first kappa shape index (κ1) is 17.2. The van der Waals surface area contributed by atoms with Crippen LogP contribution in [0.5, 0.6) is 0 Å². The van der Waals surface area contributed by atoms with Gasteiger partial charge in [0.2, 0.25) is 0 Å². The summed E-state index contributed by atoms with van der Waals surface area (Å²) in [6.07, 6.45) is 7.66. The maximum Gasteiger partial charge on any atom is 0.0976 e. The lowest BCUT2D eigenvalue weighted by atomic mass is 9.65. The third-order valence-corrected chi connectivity index (χ3v) is 7.41. The molecular weight excluding hydrogens is 322 g/mol. The molecule has 2 saturated heterocycles. The Morgan fingerprint density at radius 1 is 1.04 bits per heavy atom. The number of fused-ring (bicyclic) bond motifs is 6. The third-order valence-electron chi connectivity index (χ3n) is 7.41. The first-order valence-corrected chi connectivity index (χ1v) is 10.6. The highest BCUT2D eigenvalue weighted by Gasteiger charge is 2.55. The van der Waals surface area contributed by atoms with E-state index in [1.807, 2.05) is 0 Å². The number of rotatable bonds is 0. The minimum atomic E-state index is -0.0928. The summed E-state index contributed by atoms with van der Waals surface area (Å²) in [5, 5.41) is 0. The van der Waals surface area contributed by atoms with Gasteiger partial charge in [0.25, 0.3) is 0 Å². The van der Waals surface area contributed by atoms with Gasteiger partial charge in [-0.2, -0.15) is 0 Å². The Kier molecular flexibility index (Phi) is 4.19. The zero-order valence-electron chi connectivity index (χ0n) is 16.4. The Labute approximate surface area is 158 Å². The molecule has 0 aromatic heterocycles. The van der Waals surface area contributed by atoms with Crippen LogP contribution in [0.3, 0.4) is 0 Å². The molecule has 0 bridgehead atoms. The van der Waals surface area contributed by atoms with Crippen molar-refractivity contribution in [2.75, 3.05) is 26.4 Å². The molecule has 4 aliphatic rings. The van der Waals surface area contributed by atoms with E-state index in [2.05, 4.69) is 43.0 Å². The SMILES string of the molecule is CC1(C)COCC2(CC3c4ccccc4CCN3C3CCCCC32)OC1. The monoisotopic (exact) mass is 355 g/mol. The van der Waals surface area contributed by atoms with E-state index in [0.29, 0.717) is 18.0 Å². The smallest absolute Gasteiger partial charge is 0.0976 e. The summed E-state index contributed by atoms with van der Waals surface area (Å²) in [5.74, 6) is 0.631. The topological polar surface area (TPSA) is 21.7 Å². The zero-order chi connectivity index (χ0) is 17.8. The second-order valence-corrected chi connectivity index (χ2v) is 9.88. The molecule has 3 fully saturated rings. The second kappa shape index (κ2) is 6.32. The number of hydrogen-bond acceptors (Lipinski definition) is 3. The number of nitrogens with zero attached hydrogens (tertiary/aromatic N) is 1. The van der Waals surface area contributed by atoms with E-state index in [0.717, 1.165) is 26.2 Å². The number of piperidine rings is 1. The zero-order valence-corrected chi connectivity index (χ0v) is 16.4. The average molecular weight is 356 g/mol. The summed E-state index contributed by atoms with van der Waals surface area (Å²) in [7, 11) is 0. The van der Waals surface area contributed by atoms with Crippen molar-refractivity contribution in [2.24, 2.45) is 11.3 Å². The highest BCUT2D eigenvalue weighted by Crippen LogP contribution is 2.53. The van der Waals surface area contributed by atoms with Gasteiger partial charge in [0, 0.05) is 30.0 Å². The van der Waals surface area contributed by atoms with Crippen molar-refractivity contribution in [1.29, 1.82) is 0 Å². The Bertz CT molecular complexity index is 672. The summed E-state index contributed by atoms with van der Waals surface area (Å²) in [6.45, 7) is 8.18. The molecule has 1 spiro atoms. The molecule has 1 aliphatic carbocycles. The minimum Gasteiger partial charge on any atom is -0.378 e. The molecule has 5 rings (SSSR count). The van der Waals surface area contributed by atoms with Crippen LogP contribution in [0.25, 0.3) is 0 Å². The van der Waals surface area contributed by atoms with Crippen LogP contribution in [0.15, 0.2) is 24.3 Å². The van der Waals surface area contributed by atoms with Crippen LogP contribution in [0.2, 0.25) is 0 Å². The van der Waals surface area contributed by atoms with Crippen molar-refractivity contribution in [3.8, 4) is 0 Å². The average Bonchev–Trinajstić information content (AvgIpc) is 2.81. The first-order valence-electron chi connectivity index (χ1n) is 10.6. The van der Waals surface area contributed by atoms with E-state index in [1.54, 1.807) is 11.1 Å². The summed E-state index contributed by atoms with van der Waals surface area (Å²) in [5.41, 5.74) is 3.13. The molecule has 3 heteroatoms. The van der Waals surface area contributed by atoms with Gasteiger partial charge in [0.15, 0.2) is 0 Å². The Balaban J connectivity index is 1.54. The van der Waals surface area contributed by atoms with E-state index in [9.17, 15) is 0 Å². The molecule has 0 radical (unpaired) electrons. The Hall–Kier alpha value is -0.900. The summed E-state index contributed by atoms with van der Waals surface area (Å²) in [6, 6.07) is 10.3. The number of hydrogen-bond donors (Lipinski definition) is 0. The molecule has 0 N–H and O–H groups in total. The molecule has 0 amide bonds. The van der Waals surface area contributed by atoms with Crippen molar-refractivity contribution < 1.29 is 9.47 Å². The summed E-state index contributed by atoms with van der Waals surface area (Å²) >= 11 is 0. The second-order valence-electron chi connectivity index (χ2n) is 9.88. The van der Waals surface area contributed by atoms with E-state index >= 15 is 0 Å². The van der Waals surface area contributed by atoms with E-state index < -0.39 is 0 Å². The highest BCUT2D eigenvalue weighted by molar-refractivity contribution is 5.34. The van der Waals surface area contributed by atoms with Gasteiger partial charge in [0.1, 0.15) is 0 Å². The number of benzene rings is 1. The standard InChI is InChI=1S/C23H33NO2/c1-22(2)14-25-16-23(26-15-22)13-21-18-8-4-3-7-17(18)11-12-24(21)20-10-6-5-9-19(20)23/h3-4,7-8,19-21H,5-6,9-16H2,1-2H3. The van der Waals surface area contributed by atoms with Crippen LogP contribution >= 0.6 is 0 Å². The lowest BCUT2D eigenvalue weighted by molar-refractivity contribution is -0.188. The van der Waals surface area contributed by atoms with Gasteiger partial charge >= 0.3 is 0 Å². The van der Waals surface area contributed by atoms with Gasteiger partial charge in [-0.25, -0.2) is 0 Å². The van der Waals surface area contributed by atoms with Crippen molar-refractivity contribution in [3.63, 3.8) is 0 Å². The van der Waals surface area contributed by atoms with E-state index in [-0.39, 0.29) is 11.0 Å². The predicted molar refractivity (Wildman–Crippen MR) is 103 cm³/mol. The Morgan fingerprint density at radius 2 is 1.88 bits per heavy atom. The van der Waals surface area contributed by atoms with Gasteiger partial charge in [-0.05, 0) is 36.8 Å². The van der Waals surface area contributed by atoms with Gasteiger partial charge in [-0.3, -0.25) is 4.90 Å².